The SMILES string of the molecule is CC1NNC(c2ccc(Cl)cc2Cl)C1C(=O)NN. The van der Waals surface area contributed by atoms with E-state index in [2.05, 4.69) is 16.3 Å². The van der Waals surface area contributed by atoms with Gasteiger partial charge in [-0.1, -0.05) is 29.3 Å². The second-order valence-corrected chi connectivity index (χ2v) is 5.10. The van der Waals surface area contributed by atoms with Crippen molar-refractivity contribution in [1.29, 1.82) is 0 Å². The highest BCUT2D eigenvalue weighted by molar-refractivity contribution is 6.35. The minimum absolute atomic E-state index is 0.0507. The molecule has 3 atom stereocenters. The fourth-order valence-corrected chi connectivity index (χ4v) is 2.72. The third-order valence-corrected chi connectivity index (χ3v) is 3.67. The molecule has 0 aliphatic carbocycles. The number of halogens is 2. The molecule has 1 heterocycles. The Balaban J connectivity index is 2.34. The van der Waals surface area contributed by atoms with Gasteiger partial charge in [-0.25, -0.2) is 11.3 Å². The Morgan fingerprint density at radius 3 is 2.72 bits per heavy atom. The third-order valence-electron chi connectivity index (χ3n) is 3.11. The highest BCUT2D eigenvalue weighted by Gasteiger charge is 2.39. The number of benzene rings is 1. The van der Waals surface area contributed by atoms with Crippen LogP contribution in [0.1, 0.15) is 18.5 Å². The lowest BCUT2D eigenvalue weighted by Gasteiger charge is -2.20. The largest absolute Gasteiger partial charge is 0.294 e. The number of hydrogen-bond acceptors (Lipinski definition) is 4. The number of hydrazine groups is 2. The lowest BCUT2D eigenvalue weighted by Crippen LogP contribution is -2.41. The Labute approximate surface area is 115 Å². The summed E-state index contributed by atoms with van der Waals surface area (Å²) in [5.41, 5.74) is 9.06. The highest BCUT2D eigenvalue weighted by Crippen LogP contribution is 2.34. The summed E-state index contributed by atoms with van der Waals surface area (Å²) in [7, 11) is 0. The number of nitrogens with two attached hydrogens (primary N) is 1. The Hall–Kier alpha value is -0.850. The van der Waals surface area contributed by atoms with Gasteiger partial charge in [-0.05, 0) is 24.6 Å². The van der Waals surface area contributed by atoms with Crippen molar-refractivity contribution in [1.82, 2.24) is 16.3 Å². The van der Waals surface area contributed by atoms with Gasteiger partial charge in [-0.15, -0.1) is 0 Å². The maximum atomic E-state index is 11.8. The first kappa shape index (κ1) is 13.6. The average molecular weight is 289 g/mol. The van der Waals surface area contributed by atoms with Crippen molar-refractivity contribution in [2.24, 2.45) is 11.8 Å². The zero-order chi connectivity index (χ0) is 13.3. The van der Waals surface area contributed by atoms with Crippen molar-refractivity contribution in [3.05, 3.63) is 33.8 Å². The molecule has 1 fully saturated rings. The second kappa shape index (κ2) is 5.42. The van der Waals surface area contributed by atoms with Crippen molar-refractivity contribution < 1.29 is 4.79 Å². The Morgan fingerprint density at radius 1 is 1.39 bits per heavy atom. The van der Waals surface area contributed by atoms with Gasteiger partial charge < -0.3 is 0 Å². The van der Waals surface area contributed by atoms with Crippen LogP contribution in [0.2, 0.25) is 10.0 Å². The number of carbonyl (C=O) groups excluding carboxylic acids is 1. The van der Waals surface area contributed by atoms with Crippen LogP contribution in [-0.2, 0) is 4.79 Å². The van der Waals surface area contributed by atoms with Crippen LogP contribution in [0.15, 0.2) is 18.2 Å². The Kier molecular flexibility index (Phi) is 4.09. The van der Waals surface area contributed by atoms with E-state index in [0.717, 1.165) is 5.56 Å². The molecule has 1 aromatic carbocycles. The average Bonchev–Trinajstić information content (AvgIpc) is 2.70. The van der Waals surface area contributed by atoms with Gasteiger partial charge in [0.2, 0.25) is 5.91 Å². The summed E-state index contributed by atoms with van der Waals surface area (Å²) in [5.74, 6) is 4.63. The van der Waals surface area contributed by atoms with E-state index in [9.17, 15) is 4.79 Å². The minimum Gasteiger partial charge on any atom is -0.294 e. The molecule has 5 N–H and O–H groups in total. The molecule has 98 valence electrons. The molecule has 0 saturated carbocycles. The Morgan fingerprint density at radius 2 is 2.11 bits per heavy atom. The van der Waals surface area contributed by atoms with E-state index >= 15 is 0 Å². The van der Waals surface area contributed by atoms with Crippen LogP contribution in [0, 0.1) is 5.92 Å². The summed E-state index contributed by atoms with van der Waals surface area (Å²) in [6.45, 7) is 1.90. The third kappa shape index (κ3) is 2.46. The first-order valence-electron chi connectivity index (χ1n) is 5.51. The van der Waals surface area contributed by atoms with Crippen molar-refractivity contribution >= 4 is 29.1 Å². The molecule has 0 aromatic heterocycles. The summed E-state index contributed by atoms with van der Waals surface area (Å²) in [4.78, 5) is 11.8. The van der Waals surface area contributed by atoms with E-state index in [1.165, 1.54) is 0 Å². The molecule has 1 aromatic rings. The normalized spacial score (nSPS) is 27.2. The minimum atomic E-state index is -0.339. The first-order valence-corrected chi connectivity index (χ1v) is 6.26. The standard InChI is InChI=1S/C11H14Cl2N4O/c1-5-9(11(18)15-14)10(17-16-5)7-3-2-6(12)4-8(7)13/h2-5,9-10,16-17H,14H2,1H3,(H,15,18). The van der Waals surface area contributed by atoms with Crippen LogP contribution in [-0.4, -0.2) is 11.9 Å². The summed E-state index contributed by atoms with van der Waals surface area (Å²) in [6.07, 6.45) is 0. The van der Waals surface area contributed by atoms with E-state index in [1.807, 2.05) is 6.92 Å². The maximum absolute atomic E-state index is 11.8. The van der Waals surface area contributed by atoms with Gasteiger partial charge in [0.25, 0.3) is 0 Å². The molecule has 3 unspecified atom stereocenters. The number of rotatable bonds is 2. The van der Waals surface area contributed by atoms with Crippen LogP contribution < -0.4 is 22.1 Å². The van der Waals surface area contributed by atoms with Crippen molar-refractivity contribution in [2.45, 2.75) is 19.0 Å². The molecule has 7 heteroatoms. The van der Waals surface area contributed by atoms with Gasteiger partial charge in [-0.2, -0.15) is 0 Å². The molecule has 2 rings (SSSR count). The van der Waals surface area contributed by atoms with Crippen LogP contribution >= 0.6 is 23.2 Å². The molecule has 1 amide bonds. The quantitative estimate of drug-likeness (QED) is 0.374. The van der Waals surface area contributed by atoms with Crippen LogP contribution in [0.3, 0.4) is 0 Å². The summed E-state index contributed by atoms with van der Waals surface area (Å²) in [6, 6.07) is 4.91. The topological polar surface area (TPSA) is 79.2 Å². The zero-order valence-corrected chi connectivity index (χ0v) is 11.2. The molecule has 0 bridgehead atoms. The number of nitrogens with one attached hydrogen (secondary N) is 3. The molecular formula is C11H14Cl2N4O. The summed E-state index contributed by atoms with van der Waals surface area (Å²) in [5, 5.41) is 1.08. The maximum Gasteiger partial charge on any atom is 0.240 e. The summed E-state index contributed by atoms with van der Waals surface area (Å²) < 4.78 is 0. The van der Waals surface area contributed by atoms with Crippen molar-refractivity contribution in [2.75, 3.05) is 0 Å². The van der Waals surface area contributed by atoms with Crippen molar-refractivity contribution in [3.8, 4) is 0 Å². The Bertz CT molecular complexity index is 468. The zero-order valence-electron chi connectivity index (χ0n) is 9.71. The van der Waals surface area contributed by atoms with E-state index in [-0.39, 0.29) is 23.9 Å². The molecule has 18 heavy (non-hydrogen) atoms. The number of hydrogen-bond donors (Lipinski definition) is 4. The van der Waals surface area contributed by atoms with Gasteiger partial charge in [0.1, 0.15) is 0 Å². The number of amides is 1. The fourth-order valence-electron chi connectivity index (χ4n) is 2.19. The van der Waals surface area contributed by atoms with Gasteiger partial charge in [0.05, 0.1) is 12.0 Å². The van der Waals surface area contributed by atoms with Gasteiger partial charge in [0.15, 0.2) is 0 Å². The molecule has 5 nitrogen and oxygen atoms in total. The molecule has 1 aliphatic heterocycles. The van der Waals surface area contributed by atoms with E-state index < -0.39 is 0 Å². The number of carbonyl (C=O) groups is 1. The molecular weight excluding hydrogens is 275 g/mol. The molecule has 0 spiro atoms. The predicted molar refractivity (Wildman–Crippen MR) is 70.8 cm³/mol. The van der Waals surface area contributed by atoms with E-state index in [0.29, 0.717) is 10.0 Å². The van der Waals surface area contributed by atoms with Crippen molar-refractivity contribution in [3.63, 3.8) is 0 Å². The fraction of sp³-hybridized carbons (Fsp3) is 0.364. The summed E-state index contributed by atoms with van der Waals surface area (Å²) >= 11 is 12.0. The molecule has 0 radical (unpaired) electrons. The van der Waals surface area contributed by atoms with Gasteiger partial charge >= 0.3 is 0 Å². The highest BCUT2D eigenvalue weighted by atomic mass is 35.5. The van der Waals surface area contributed by atoms with Gasteiger partial charge in [0, 0.05) is 16.1 Å². The van der Waals surface area contributed by atoms with Crippen LogP contribution in [0.5, 0.6) is 0 Å². The predicted octanol–water partition coefficient (Wildman–Crippen LogP) is 1.14. The lowest BCUT2D eigenvalue weighted by molar-refractivity contribution is -0.125. The first-order chi connectivity index (χ1) is 8.54. The molecule has 1 aliphatic rings. The monoisotopic (exact) mass is 288 g/mol. The van der Waals surface area contributed by atoms with E-state index in [4.69, 9.17) is 29.0 Å². The van der Waals surface area contributed by atoms with Gasteiger partial charge in [-0.3, -0.25) is 15.6 Å². The second-order valence-electron chi connectivity index (χ2n) is 4.26. The van der Waals surface area contributed by atoms with Crippen LogP contribution in [0.25, 0.3) is 0 Å². The van der Waals surface area contributed by atoms with Crippen LogP contribution in [0.4, 0.5) is 0 Å². The molecule has 1 saturated heterocycles. The lowest BCUT2D eigenvalue weighted by atomic mass is 9.89. The van der Waals surface area contributed by atoms with E-state index in [1.54, 1.807) is 18.2 Å². The smallest absolute Gasteiger partial charge is 0.240 e.